The molecule has 0 amide bonds. The van der Waals surface area contributed by atoms with Crippen LogP contribution in [0.4, 0.5) is 0 Å². The molecule has 0 spiro atoms. The van der Waals surface area contributed by atoms with Crippen molar-refractivity contribution >= 4 is 11.6 Å². The highest BCUT2D eigenvalue weighted by molar-refractivity contribution is 6.30. The third kappa shape index (κ3) is 2.64. The summed E-state index contributed by atoms with van der Waals surface area (Å²) in [5, 5.41) is 9.38. The van der Waals surface area contributed by atoms with Crippen molar-refractivity contribution in [1.29, 1.82) is 5.26 Å². The van der Waals surface area contributed by atoms with Crippen LogP contribution in [0.1, 0.15) is 11.3 Å². The highest BCUT2D eigenvalue weighted by Gasteiger charge is 2.03. The molecule has 0 N–H and O–H groups in total. The Labute approximate surface area is 105 Å². The second-order valence-electron chi connectivity index (χ2n) is 3.78. The molecule has 2 rings (SSSR count). The van der Waals surface area contributed by atoms with Gasteiger partial charge in [0.25, 0.3) is 0 Å². The summed E-state index contributed by atoms with van der Waals surface area (Å²) in [6, 6.07) is 13.6. The molecule has 2 aromatic rings. The average Bonchev–Trinajstić information content (AvgIpc) is 2.33. The van der Waals surface area contributed by atoms with Crippen molar-refractivity contribution in [2.45, 2.75) is 13.3 Å². The maximum Gasteiger partial charge on any atom is 0.0705 e. The molecule has 1 aromatic heterocycles. The number of aryl methyl sites for hydroxylation is 1. The molecule has 1 aromatic carbocycles. The van der Waals surface area contributed by atoms with Crippen molar-refractivity contribution in [3.63, 3.8) is 0 Å². The first-order valence-electron chi connectivity index (χ1n) is 5.30. The lowest BCUT2D eigenvalue weighted by atomic mass is 10.1. The number of hydrogen-bond donors (Lipinski definition) is 0. The first kappa shape index (κ1) is 11.6. The molecule has 2 nitrogen and oxygen atoms in total. The van der Waals surface area contributed by atoms with E-state index in [0.717, 1.165) is 22.5 Å². The minimum absolute atomic E-state index is 0.403. The molecule has 3 heteroatoms. The molecular weight excluding hydrogens is 232 g/mol. The number of rotatable bonds is 2. The van der Waals surface area contributed by atoms with E-state index in [1.807, 2.05) is 43.3 Å². The molecule has 0 radical (unpaired) electrons. The van der Waals surface area contributed by atoms with Gasteiger partial charge in [0, 0.05) is 16.3 Å². The molecule has 0 aliphatic carbocycles. The van der Waals surface area contributed by atoms with Gasteiger partial charge in [-0.2, -0.15) is 5.26 Å². The van der Waals surface area contributed by atoms with Crippen LogP contribution >= 0.6 is 11.6 Å². The predicted octanol–water partition coefficient (Wildman–Crippen LogP) is 3.78. The zero-order valence-electron chi connectivity index (χ0n) is 9.44. The number of aromatic nitrogens is 1. The molecule has 0 atom stereocenters. The lowest BCUT2D eigenvalue weighted by molar-refractivity contribution is 1.11. The van der Waals surface area contributed by atoms with Crippen LogP contribution in [-0.2, 0) is 6.42 Å². The monoisotopic (exact) mass is 242 g/mol. The zero-order valence-corrected chi connectivity index (χ0v) is 10.2. The minimum atomic E-state index is 0.403. The van der Waals surface area contributed by atoms with E-state index in [-0.39, 0.29) is 0 Å². The maximum atomic E-state index is 8.67. The second-order valence-corrected chi connectivity index (χ2v) is 4.22. The molecule has 0 unspecified atom stereocenters. The standard InChI is InChI=1S/C14H11ClN2/c1-10-11(8-9-16)4-7-14(17-10)12-2-5-13(15)6-3-12/h2-7H,8H2,1H3. The Bertz CT molecular complexity index is 568. The summed E-state index contributed by atoms with van der Waals surface area (Å²) in [6.07, 6.45) is 0.403. The Hall–Kier alpha value is -1.85. The van der Waals surface area contributed by atoms with Crippen molar-refractivity contribution in [2.24, 2.45) is 0 Å². The highest BCUT2D eigenvalue weighted by atomic mass is 35.5. The smallest absolute Gasteiger partial charge is 0.0705 e. The van der Waals surface area contributed by atoms with Gasteiger partial charge in [-0.25, -0.2) is 0 Å². The van der Waals surface area contributed by atoms with Gasteiger partial charge < -0.3 is 0 Å². The molecule has 0 bridgehead atoms. The van der Waals surface area contributed by atoms with Crippen molar-refractivity contribution < 1.29 is 0 Å². The fraction of sp³-hybridized carbons (Fsp3) is 0.143. The van der Waals surface area contributed by atoms with Crippen LogP contribution in [0.5, 0.6) is 0 Å². The SMILES string of the molecule is Cc1nc(-c2ccc(Cl)cc2)ccc1CC#N. The van der Waals surface area contributed by atoms with Gasteiger partial charge in [0.15, 0.2) is 0 Å². The lowest BCUT2D eigenvalue weighted by Crippen LogP contribution is -1.93. The first-order valence-corrected chi connectivity index (χ1v) is 5.68. The molecule has 0 saturated carbocycles. The summed E-state index contributed by atoms with van der Waals surface area (Å²) in [6.45, 7) is 1.92. The minimum Gasteiger partial charge on any atom is -0.253 e. The van der Waals surface area contributed by atoms with Gasteiger partial charge in [-0.05, 0) is 30.7 Å². The Morgan fingerprint density at radius 3 is 2.47 bits per heavy atom. The third-order valence-corrected chi connectivity index (χ3v) is 2.86. The number of nitriles is 1. The van der Waals surface area contributed by atoms with Crippen molar-refractivity contribution in [3.8, 4) is 17.3 Å². The molecular formula is C14H11ClN2. The fourth-order valence-electron chi connectivity index (χ4n) is 1.64. The van der Waals surface area contributed by atoms with E-state index in [4.69, 9.17) is 16.9 Å². The summed E-state index contributed by atoms with van der Waals surface area (Å²) < 4.78 is 0. The maximum absolute atomic E-state index is 8.67. The quantitative estimate of drug-likeness (QED) is 0.804. The van der Waals surface area contributed by atoms with E-state index in [1.54, 1.807) is 0 Å². The normalized spacial score (nSPS) is 9.94. The molecule has 0 aliphatic heterocycles. The van der Waals surface area contributed by atoms with Gasteiger partial charge in [0.2, 0.25) is 0 Å². The van der Waals surface area contributed by atoms with Crippen LogP contribution in [0.15, 0.2) is 36.4 Å². The number of hydrogen-bond acceptors (Lipinski definition) is 2. The third-order valence-electron chi connectivity index (χ3n) is 2.60. The summed E-state index contributed by atoms with van der Waals surface area (Å²) in [7, 11) is 0. The number of halogens is 1. The van der Waals surface area contributed by atoms with Gasteiger partial charge in [-0.3, -0.25) is 4.98 Å². The van der Waals surface area contributed by atoms with Gasteiger partial charge in [0.1, 0.15) is 0 Å². The predicted molar refractivity (Wildman–Crippen MR) is 68.7 cm³/mol. The van der Waals surface area contributed by atoms with Crippen molar-refractivity contribution in [1.82, 2.24) is 4.98 Å². The molecule has 0 saturated heterocycles. The average molecular weight is 243 g/mol. The zero-order chi connectivity index (χ0) is 12.3. The van der Waals surface area contributed by atoms with Gasteiger partial charge in [-0.1, -0.05) is 29.8 Å². The largest absolute Gasteiger partial charge is 0.253 e. The van der Waals surface area contributed by atoms with E-state index >= 15 is 0 Å². The van der Waals surface area contributed by atoms with Crippen LogP contribution in [0, 0.1) is 18.3 Å². The Morgan fingerprint density at radius 1 is 1.18 bits per heavy atom. The summed E-state index contributed by atoms with van der Waals surface area (Å²) in [5.74, 6) is 0. The Kier molecular flexibility index (Phi) is 3.41. The van der Waals surface area contributed by atoms with Gasteiger partial charge in [-0.15, -0.1) is 0 Å². The van der Waals surface area contributed by atoms with Gasteiger partial charge >= 0.3 is 0 Å². The van der Waals surface area contributed by atoms with E-state index in [0.29, 0.717) is 11.4 Å². The molecule has 17 heavy (non-hydrogen) atoms. The highest BCUT2D eigenvalue weighted by Crippen LogP contribution is 2.21. The number of benzene rings is 1. The van der Waals surface area contributed by atoms with E-state index in [9.17, 15) is 0 Å². The van der Waals surface area contributed by atoms with Crippen LogP contribution in [-0.4, -0.2) is 4.98 Å². The second kappa shape index (κ2) is 4.99. The van der Waals surface area contributed by atoms with Crippen LogP contribution in [0.25, 0.3) is 11.3 Å². The van der Waals surface area contributed by atoms with E-state index < -0.39 is 0 Å². The van der Waals surface area contributed by atoms with Crippen LogP contribution < -0.4 is 0 Å². The van der Waals surface area contributed by atoms with E-state index in [1.165, 1.54) is 0 Å². The number of nitrogens with zero attached hydrogens (tertiary/aromatic N) is 2. The fourth-order valence-corrected chi connectivity index (χ4v) is 1.77. The van der Waals surface area contributed by atoms with Crippen molar-refractivity contribution in [2.75, 3.05) is 0 Å². The summed E-state index contributed by atoms with van der Waals surface area (Å²) >= 11 is 5.84. The van der Waals surface area contributed by atoms with Crippen LogP contribution in [0.2, 0.25) is 5.02 Å². The molecule has 0 fully saturated rings. The number of pyridine rings is 1. The summed E-state index contributed by atoms with van der Waals surface area (Å²) in [4.78, 5) is 4.50. The topological polar surface area (TPSA) is 36.7 Å². The molecule has 0 aliphatic rings. The Morgan fingerprint density at radius 2 is 1.88 bits per heavy atom. The summed E-state index contributed by atoms with van der Waals surface area (Å²) in [5.41, 5.74) is 3.81. The van der Waals surface area contributed by atoms with Crippen molar-refractivity contribution in [3.05, 3.63) is 52.7 Å². The van der Waals surface area contributed by atoms with Crippen LogP contribution in [0.3, 0.4) is 0 Å². The lowest BCUT2D eigenvalue weighted by Gasteiger charge is -2.05. The van der Waals surface area contributed by atoms with E-state index in [2.05, 4.69) is 11.1 Å². The molecule has 1 heterocycles. The first-order chi connectivity index (χ1) is 8.20. The molecule has 84 valence electrons. The Balaban J connectivity index is 2.38. The van der Waals surface area contributed by atoms with Gasteiger partial charge in [0.05, 0.1) is 18.2 Å².